The number of rotatable bonds is 7. The van der Waals surface area contributed by atoms with Gasteiger partial charge in [0.25, 0.3) is 0 Å². The van der Waals surface area contributed by atoms with E-state index in [0.717, 1.165) is 13.1 Å². The first-order valence-electron chi connectivity index (χ1n) is 8.49. The highest BCUT2D eigenvalue weighted by molar-refractivity contribution is 4.96. The molecule has 3 heteroatoms. The molecule has 1 saturated heterocycles. The molecule has 1 fully saturated rings. The SMILES string of the molecule is CC(C)=CCN1CCC(NCC(C)(C)C(O)C(C)C)CC1. The number of hydrogen-bond donors (Lipinski definition) is 2. The van der Waals surface area contributed by atoms with E-state index in [2.05, 4.69) is 57.8 Å². The average Bonchev–Trinajstić information content (AvgIpc) is 2.43. The van der Waals surface area contributed by atoms with Crippen molar-refractivity contribution in [2.45, 2.75) is 66.5 Å². The Kier molecular flexibility index (Phi) is 7.38. The summed E-state index contributed by atoms with van der Waals surface area (Å²) in [5.41, 5.74) is 1.34. The van der Waals surface area contributed by atoms with E-state index in [-0.39, 0.29) is 11.5 Å². The average molecular weight is 296 g/mol. The number of hydrogen-bond acceptors (Lipinski definition) is 3. The van der Waals surface area contributed by atoms with E-state index in [1.165, 1.54) is 31.5 Å². The van der Waals surface area contributed by atoms with Crippen LogP contribution in [0.15, 0.2) is 11.6 Å². The summed E-state index contributed by atoms with van der Waals surface area (Å²) in [6.07, 6.45) is 4.49. The number of nitrogens with one attached hydrogen (secondary N) is 1. The molecular weight excluding hydrogens is 260 g/mol. The molecule has 1 aliphatic heterocycles. The summed E-state index contributed by atoms with van der Waals surface area (Å²) in [7, 11) is 0. The van der Waals surface area contributed by atoms with E-state index < -0.39 is 0 Å². The summed E-state index contributed by atoms with van der Waals surface area (Å²) in [6, 6.07) is 0.603. The lowest BCUT2D eigenvalue weighted by Crippen LogP contribution is -2.48. The van der Waals surface area contributed by atoms with Gasteiger partial charge >= 0.3 is 0 Å². The third-order valence-electron chi connectivity index (χ3n) is 4.62. The Bertz CT molecular complexity index is 324. The summed E-state index contributed by atoms with van der Waals surface area (Å²) in [4.78, 5) is 2.53. The van der Waals surface area contributed by atoms with Gasteiger partial charge in [-0.05, 0) is 45.7 Å². The van der Waals surface area contributed by atoms with Crippen LogP contribution in [0, 0.1) is 11.3 Å². The first-order chi connectivity index (χ1) is 9.72. The van der Waals surface area contributed by atoms with Crippen LogP contribution in [0.5, 0.6) is 0 Å². The standard InChI is InChI=1S/C18H36N2O/c1-14(2)7-10-20-11-8-16(9-12-20)19-13-18(5,6)17(21)15(3)4/h7,15-17,19,21H,8-13H2,1-6H3. The highest BCUT2D eigenvalue weighted by Crippen LogP contribution is 2.25. The second kappa shape index (κ2) is 8.30. The molecule has 0 saturated carbocycles. The van der Waals surface area contributed by atoms with Crippen molar-refractivity contribution in [3.8, 4) is 0 Å². The van der Waals surface area contributed by atoms with Gasteiger partial charge in [0.15, 0.2) is 0 Å². The number of allylic oxidation sites excluding steroid dienone is 1. The van der Waals surface area contributed by atoms with Gasteiger partial charge < -0.3 is 10.4 Å². The van der Waals surface area contributed by atoms with Crippen LogP contribution in [-0.4, -0.2) is 48.3 Å². The molecule has 0 aromatic heterocycles. The minimum atomic E-state index is -0.247. The third kappa shape index (κ3) is 6.50. The van der Waals surface area contributed by atoms with Gasteiger partial charge in [-0.25, -0.2) is 0 Å². The molecule has 2 N–H and O–H groups in total. The topological polar surface area (TPSA) is 35.5 Å². The van der Waals surface area contributed by atoms with Crippen molar-refractivity contribution in [3.05, 3.63) is 11.6 Å². The summed E-state index contributed by atoms with van der Waals surface area (Å²) >= 11 is 0. The Morgan fingerprint density at radius 1 is 1.29 bits per heavy atom. The molecule has 1 heterocycles. The van der Waals surface area contributed by atoms with Crippen molar-refractivity contribution < 1.29 is 5.11 Å². The highest BCUT2D eigenvalue weighted by Gasteiger charge is 2.31. The van der Waals surface area contributed by atoms with E-state index in [9.17, 15) is 5.11 Å². The van der Waals surface area contributed by atoms with Gasteiger partial charge in [-0.3, -0.25) is 4.90 Å². The molecular formula is C18H36N2O. The monoisotopic (exact) mass is 296 g/mol. The predicted molar refractivity (Wildman–Crippen MR) is 91.5 cm³/mol. The molecule has 1 atom stereocenters. The van der Waals surface area contributed by atoms with Crippen LogP contribution in [0.4, 0.5) is 0 Å². The number of likely N-dealkylation sites (tertiary alicyclic amines) is 1. The number of piperidine rings is 1. The smallest absolute Gasteiger partial charge is 0.0626 e. The number of nitrogens with zero attached hydrogens (tertiary/aromatic N) is 1. The Labute approximate surface area is 131 Å². The van der Waals surface area contributed by atoms with Crippen LogP contribution in [-0.2, 0) is 0 Å². The van der Waals surface area contributed by atoms with Crippen LogP contribution in [0.25, 0.3) is 0 Å². The van der Waals surface area contributed by atoms with E-state index in [1.807, 2.05) is 0 Å². The number of aliphatic hydroxyl groups is 1. The molecule has 1 aliphatic rings. The van der Waals surface area contributed by atoms with Crippen molar-refractivity contribution in [2.75, 3.05) is 26.2 Å². The van der Waals surface area contributed by atoms with Gasteiger partial charge in [0.1, 0.15) is 0 Å². The minimum Gasteiger partial charge on any atom is -0.392 e. The van der Waals surface area contributed by atoms with Gasteiger partial charge in [-0.2, -0.15) is 0 Å². The molecule has 0 aromatic carbocycles. The van der Waals surface area contributed by atoms with Crippen LogP contribution >= 0.6 is 0 Å². The molecule has 0 amide bonds. The van der Waals surface area contributed by atoms with Crippen molar-refractivity contribution in [3.63, 3.8) is 0 Å². The Morgan fingerprint density at radius 2 is 1.86 bits per heavy atom. The van der Waals surface area contributed by atoms with Gasteiger partial charge in [0.2, 0.25) is 0 Å². The normalized spacial score (nSPS) is 19.8. The molecule has 0 bridgehead atoms. The lowest BCUT2D eigenvalue weighted by molar-refractivity contribution is 0.0109. The molecule has 124 valence electrons. The minimum absolute atomic E-state index is 0.0621. The van der Waals surface area contributed by atoms with Crippen LogP contribution in [0.3, 0.4) is 0 Å². The largest absolute Gasteiger partial charge is 0.392 e. The lowest BCUT2D eigenvalue weighted by atomic mass is 9.80. The van der Waals surface area contributed by atoms with Crippen LogP contribution in [0.2, 0.25) is 0 Å². The van der Waals surface area contributed by atoms with Crippen molar-refractivity contribution in [2.24, 2.45) is 11.3 Å². The quantitative estimate of drug-likeness (QED) is 0.709. The van der Waals surface area contributed by atoms with Crippen LogP contribution in [0.1, 0.15) is 54.4 Å². The second-order valence-corrected chi connectivity index (χ2v) is 7.91. The molecule has 1 unspecified atom stereocenters. The van der Waals surface area contributed by atoms with E-state index in [0.29, 0.717) is 12.0 Å². The van der Waals surface area contributed by atoms with Gasteiger partial charge in [0.05, 0.1) is 6.10 Å². The maximum Gasteiger partial charge on any atom is 0.0626 e. The third-order valence-corrected chi connectivity index (χ3v) is 4.62. The zero-order chi connectivity index (χ0) is 16.0. The Balaban J connectivity index is 2.31. The molecule has 0 aromatic rings. The summed E-state index contributed by atoms with van der Waals surface area (Å²) in [6.45, 7) is 17.2. The van der Waals surface area contributed by atoms with Crippen LogP contribution < -0.4 is 5.32 Å². The van der Waals surface area contributed by atoms with E-state index >= 15 is 0 Å². The predicted octanol–water partition coefficient (Wildman–Crippen LogP) is 3.05. The molecule has 3 nitrogen and oxygen atoms in total. The fourth-order valence-electron chi connectivity index (χ4n) is 3.05. The maximum atomic E-state index is 10.3. The lowest BCUT2D eigenvalue weighted by Gasteiger charge is -2.37. The first-order valence-corrected chi connectivity index (χ1v) is 8.49. The molecule has 1 rings (SSSR count). The van der Waals surface area contributed by atoms with Crippen molar-refractivity contribution in [1.29, 1.82) is 0 Å². The van der Waals surface area contributed by atoms with E-state index in [4.69, 9.17) is 0 Å². The van der Waals surface area contributed by atoms with E-state index in [1.54, 1.807) is 0 Å². The van der Waals surface area contributed by atoms with Gasteiger partial charge in [-0.15, -0.1) is 0 Å². The summed E-state index contributed by atoms with van der Waals surface area (Å²) < 4.78 is 0. The van der Waals surface area contributed by atoms with Crippen molar-refractivity contribution in [1.82, 2.24) is 10.2 Å². The molecule has 0 aliphatic carbocycles. The summed E-state index contributed by atoms with van der Waals surface area (Å²) in [5, 5.41) is 14.0. The zero-order valence-electron chi connectivity index (χ0n) is 14.9. The van der Waals surface area contributed by atoms with Gasteiger partial charge in [-0.1, -0.05) is 39.3 Å². The second-order valence-electron chi connectivity index (χ2n) is 7.91. The van der Waals surface area contributed by atoms with Gasteiger partial charge in [0, 0.05) is 24.5 Å². The molecule has 0 spiro atoms. The highest BCUT2D eigenvalue weighted by atomic mass is 16.3. The fraction of sp³-hybridized carbons (Fsp3) is 0.889. The number of aliphatic hydroxyl groups excluding tert-OH is 1. The summed E-state index contributed by atoms with van der Waals surface area (Å²) in [5.74, 6) is 0.313. The Morgan fingerprint density at radius 3 is 2.33 bits per heavy atom. The maximum absolute atomic E-state index is 10.3. The zero-order valence-corrected chi connectivity index (χ0v) is 14.9. The fourth-order valence-corrected chi connectivity index (χ4v) is 3.05. The Hall–Kier alpha value is -0.380. The molecule has 21 heavy (non-hydrogen) atoms. The van der Waals surface area contributed by atoms with Crippen molar-refractivity contribution >= 4 is 0 Å². The molecule has 0 radical (unpaired) electrons. The first kappa shape index (κ1) is 18.7.